The van der Waals surface area contributed by atoms with E-state index in [4.69, 9.17) is 16.3 Å². The van der Waals surface area contributed by atoms with Gasteiger partial charge in [0.25, 0.3) is 0 Å². The molecule has 3 heteroatoms. The third-order valence-corrected chi connectivity index (χ3v) is 3.18. The quantitative estimate of drug-likeness (QED) is 0.766. The number of hydrogen-bond acceptors (Lipinski definition) is 2. The van der Waals surface area contributed by atoms with Crippen LogP contribution in [0.2, 0.25) is 5.02 Å². The number of ether oxygens (including phenoxy) is 1. The van der Waals surface area contributed by atoms with E-state index in [0.717, 1.165) is 27.4 Å². The van der Waals surface area contributed by atoms with Crippen LogP contribution in [-0.2, 0) is 11.3 Å². The van der Waals surface area contributed by atoms with E-state index in [0.29, 0.717) is 6.61 Å². The Labute approximate surface area is 105 Å². The highest BCUT2D eigenvalue weighted by atomic mass is 35.5. The molecule has 3 rings (SSSR count). The van der Waals surface area contributed by atoms with Crippen LogP contribution in [0, 0.1) is 13.0 Å². The van der Waals surface area contributed by atoms with Crippen molar-refractivity contribution >= 4 is 11.6 Å². The second-order valence-electron chi connectivity index (χ2n) is 4.15. The van der Waals surface area contributed by atoms with Crippen molar-refractivity contribution < 1.29 is 4.74 Å². The van der Waals surface area contributed by atoms with Crippen molar-refractivity contribution in [1.29, 1.82) is 0 Å². The van der Waals surface area contributed by atoms with E-state index in [9.17, 15) is 0 Å². The van der Waals surface area contributed by atoms with Crippen LogP contribution < -0.4 is 0 Å². The number of halogens is 1. The van der Waals surface area contributed by atoms with Crippen LogP contribution in [0.1, 0.15) is 28.5 Å². The summed E-state index contributed by atoms with van der Waals surface area (Å²) in [6, 6.07) is 11.0. The highest BCUT2D eigenvalue weighted by Crippen LogP contribution is 2.35. The van der Waals surface area contributed by atoms with Crippen molar-refractivity contribution in [2.24, 2.45) is 0 Å². The Morgan fingerprint density at radius 2 is 2.12 bits per heavy atom. The van der Waals surface area contributed by atoms with Gasteiger partial charge in [0, 0.05) is 28.5 Å². The Morgan fingerprint density at radius 1 is 1.35 bits per heavy atom. The lowest BCUT2D eigenvalue weighted by atomic mass is 10.0. The van der Waals surface area contributed by atoms with E-state index in [1.165, 1.54) is 0 Å². The summed E-state index contributed by atoms with van der Waals surface area (Å²) in [6.45, 7) is 2.54. The van der Waals surface area contributed by atoms with Gasteiger partial charge >= 0.3 is 0 Å². The molecule has 2 aromatic rings. The molecule has 1 unspecified atom stereocenters. The molecule has 1 aromatic carbocycles. The van der Waals surface area contributed by atoms with E-state index in [1.807, 2.05) is 37.4 Å². The minimum absolute atomic E-state index is 0.0355. The topological polar surface area (TPSA) is 22.1 Å². The molecule has 0 N–H and O–H groups in total. The maximum Gasteiger partial charge on any atom is 0.110 e. The van der Waals surface area contributed by atoms with Crippen molar-refractivity contribution in [3.8, 4) is 0 Å². The fourth-order valence-electron chi connectivity index (χ4n) is 2.08. The van der Waals surface area contributed by atoms with Gasteiger partial charge < -0.3 is 4.74 Å². The van der Waals surface area contributed by atoms with Gasteiger partial charge in [-0.2, -0.15) is 0 Å². The summed E-state index contributed by atoms with van der Waals surface area (Å²) >= 11 is 5.88. The van der Waals surface area contributed by atoms with E-state index in [-0.39, 0.29) is 6.10 Å². The largest absolute Gasteiger partial charge is 0.364 e. The van der Waals surface area contributed by atoms with Gasteiger partial charge in [0.15, 0.2) is 0 Å². The van der Waals surface area contributed by atoms with Gasteiger partial charge in [0.05, 0.1) is 6.61 Å². The number of nitrogens with zero attached hydrogens (tertiary/aromatic N) is 1. The number of aryl methyl sites for hydroxylation is 1. The number of aromatic nitrogens is 1. The lowest BCUT2D eigenvalue weighted by Crippen LogP contribution is -1.98. The maximum absolute atomic E-state index is 5.88. The Balaban J connectivity index is 2.01. The second kappa shape index (κ2) is 4.13. The van der Waals surface area contributed by atoms with Gasteiger partial charge in [-0.1, -0.05) is 23.7 Å². The first-order valence-electron chi connectivity index (χ1n) is 5.49. The highest BCUT2D eigenvalue weighted by Gasteiger charge is 2.25. The fourth-order valence-corrected chi connectivity index (χ4v) is 2.21. The zero-order valence-corrected chi connectivity index (χ0v) is 10.2. The molecule has 17 heavy (non-hydrogen) atoms. The zero-order valence-electron chi connectivity index (χ0n) is 9.40. The first kappa shape index (κ1) is 10.8. The molecule has 1 radical (unpaired) electrons. The molecule has 1 aliphatic rings. The molecule has 0 aliphatic carbocycles. The van der Waals surface area contributed by atoms with Crippen LogP contribution in [0.25, 0.3) is 0 Å². The second-order valence-corrected chi connectivity index (χ2v) is 4.58. The Kier molecular flexibility index (Phi) is 2.61. The maximum atomic E-state index is 5.88. The molecule has 0 bridgehead atoms. The lowest BCUT2D eigenvalue weighted by Gasteiger charge is -2.11. The number of hydrogen-bond donors (Lipinski definition) is 0. The molecule has 0 saturated carbocycles. The van der Waals surface area contributed by atoms with Gasteiger partial charge in [0.2, 0.25) is 0 Å². The van der Waals surface area contributed by atoms with Crippen molar-refractivity contribution in [1.82, 2.24) is 4.98 Å². The van der Waals surface area contributed by atoms with Crippen LogP contribution in [-0.4, -0.2) is 4.98 Å². The van der Waals surface area contributed by atoms with Gasteiger partial charge in [-0.05, 0) is 30.2 Å². The molecular weight excluding hydrogens is 234 g/mol. The standard InChI is InChI=1S/C14H11ClNO/c1-9-6-11-8-17-14(13(11)7-16-9)10-2-4-12(15)5-3-10/h2-5,7,14H,8H2,1H3. The van der Waals surface area contributed by atoms with Crippen LogP contribution >= 0.6 is 11.6 Å². The monoisotopic (exact) mass is 244 g/mol. The molecule has 0 spiro atoms. The molecule has 0 fully saturated rings. The summed E-state index contributed by atoms with van der Waals surface area (Å²) in [4.78, 5) is 4.28. The highest BCUT2D eigenvalue weighted by molar-refractivity contribution is 6.30. The summed E-state index contributed by atoms with van der Waals surface area (Å²) in [5, 5.41) is 0.737. The molecule has 0 saturated heterocycles. The van der Waals surface area contributed by atoms with Gasteiger partial charge in [-0.25, -0.2) is 0 Å². The van der Waals surface area contributed by atoms with Gasteiger partial charge in [-0.3, -0.25) is 4.98 Å². The minimum Gasteiger partial charge on any atom is -0.364 e. The first-order chi connectivity index (χ1) is 8.24. The fraction of sp³-hybridized carbons (Fsp3) is 0.214. The predicted molar refractivity (Wildman–Crippen MR) is 65.9 cm³/mol. The molecule has 1 atom stereocenters. The van der Waals surface area contributed by atoms with E-state index < -0.39 is 0 Å². The molecule has 2 nitrogen and oxygen atoms in total. The number of rotatable bonds is 1. The minimum atomic E-state index is -0.0355. The lowest BCUT2D eigenvalue weighted by molar-refractivity contribution is 0.0938. The Hall–Kier alpha value is -1.38. The van der Waals surface area contributed by atoms with Crippen molar-refractivity contribution in [2.75, 3.05) is 0 Å². The average molecular weight is 245 g/mol. The number of benzene rings is 1. The third kappa shape index (κ3) is 1.94. The van der Waals surface area contributed by atoms with Crippen LogP contribution in [0.4, 0.5) is 0 Å². The molecule has 85 valence electrons. The summed E-state index contributed by atoms with van der Waals surface area (Å²) in [7, 11) is 0. The summed E-state index contributed by atoms with van der Waals surface area (Å²) < 4.78 is 5.79. The van der Waals surface area contributed by atoms with Gasteiger partial charge in [0.1, 0.15) is 6.10 Å². The van der Waals surface area contributed by atoms with Crippen molar-refractivity contribution in [2.45, 2.75) is 19.6 Å². The molecule has 0 amide bonds. The first-order valence-corrected chi connectivity index (χ1v) is 5.86. The predicted octanol–water partition coefficient (Wildman–Crippen LogP) is 3.46. The number of pyridine rings is 1. The van der Waals surface area contributed by atoms with Crippen LogP contribution in [0.3, 0.4) is 0 Å². The Morgan fingerprint density at radius 3 is 2.88 bits per heavy atom. The van der Waals surface area contributed by atoms with Crippen LogP contribution in [0.15, 0.2) is 30.5 Å². The molecule has 2 heterocycles. The van der Waals surface area contributed by atoms with Crippen LogP contribution in [0.5, 0.6) is 0 Å². The smallest absolute Gasteiger partial charge is 0.110 e. The average Bonchev–Trinajstić information content (AvgIpc) is 2.73. The van der Waals surface area contributed by atoms with E-state index in [1.54, 1.807) is 0 Å². The van der Waals surface area contributed by atoms with E-state index in [2.05, 4.69) is 11.1 Å². The summed E-state index contributed by atoms with van der Waals surface area (Å²) in [6.07, 6.45) is 1.85. The summed E-state index contributed by atoms with van der Waals surface area (Å²) in [5.74, 6) is 0. The SMILES string of the molecule is Cc1[c]c2c(cn1)C(c1ccc(Cl)cc1)OC2. The van der Waals surface area contributed by atoms with Gasteiger partial charge in [-0.15, -0.1) is 0 Å². The number of fused-ring (bicyclic) bond motifs is 1. The third-order valence-electron chi connectivity index (χ3n) is 2.93. The summed E-state index contributed by atoms with van der Waals surface area (Å²) in [5.41, 5.74) is 4.23. The van der Waals surface area contributed by atoms with Crippen molar-refractivity contribution in [3.63, 3.8) is 0 Å². The normalized spacial score (nSPS) is 18.1. The van der Waals surface area contributed by atoms with Crippen molar-refractivity contribution in [3.05, 3.63) is 63.9 Å². The van der Waals surface area contributed by atoms with E-state index >= 15 is 0 Å². The zero-order chi connectivity index (χ0) is 11.8. The Bertz CT molecular complexity index is 551. The molecule has 1 aliphatic heterocycles. The molecule has 1 aromatic heterocycles. The molecular formula is C14H11ClNO.